The van der Waals surface area contributed by atoms with Crippen molar-refractivity contribution in [3.63, 3.8) is 0 Å². The number of nitrogens with zero attached hydrogens (tertiary/aromatic N) is 4. The Labute approximate surface area is 159 Å². The first-order valence-corrected chi connectivity index (χ1v) is 9.20. The Hall–Kier alpha value is -2.44. The van der Waals surface area contributed by atoms with Gasteiger partial charge in [-0.15, -0.1) is 5.10 Å². The summed E-state index contributed by atoms with van der Waals surface area (Å²) in [7, 11) is 1.67. The maximum absolute atomic E-state index is 5.77. The van der Waals surface area contributed by atoms with Crippen LogP contribution in [0.3, 0.4) is 0 Å². The van der Waals surface area contributed by atoms with E-state index < -0.39 is 0 Å². The molecule has 1 aromatic heterocycles. The quantitative estimate of drug-likeness (QED) is 0.580. The molecule has 3 aromatic rings. The average Bonchev–Trinajstić information content (AvgIpc) is 3.02. The summed E-state index contributed by atoms with van der Waals surface area (Å²) >= 11 is 5.77. The van der Waals surface area contributed by atoms with E-state index in [4.69, 9.17) is 22.1 Å². The summed E-state index contributed by atoms with van der Waals surface area (Å²) in [6, 6.07) is 18.0. The van der Waals surface area contributed by atoms with E-state index in [-0.39, 0.29) is 0 Å². The number of hydrogen-bond donors (Lipinski definition) is 0. The molecule has 6 heteroatoms. The van der Waals surface area contributed by atoms with Crippen LogP contribution in [0.2, 0.25) is 0 Å². The number of benzene rings is 2. The van der Waals surface area contributed by atoms with Crippen LogP contribution in [-0.4, -0.2) is 39.4 Å². The molecule has 0 aliphatic heterocycles. The molecule has 0 radical (unpaired) electrons. The van der Waals surface area contributed by atoms with Gasteiger partial charge in [-0.1, -0.05) is 32.0 Å². The predicted molar refractivity (Wildman–Crippen MR) is 107 cm³/mol. The molecular weight excluding hydrogens is 344 g/mol. The lowest BCUT2D eigenvalue weighted by atomic mass is 10.2. The lowest BCUT2D eigenvalue weighted by molar-refractivity contribution is 0.227. The lowest BCUT2D eigenvalue weighted by Crippen LogP contribution is -2.26. The van der Waals surface area contributed by atoms with Crippen molar-refractivity contribution in [2.75, 3.05) is 20.2 Å². The van der Waals surface area contributed by atoms with Crippen LogP contribution in [-0.2, 0) is 6.67 Å². The highest BCUT2D eigenvalue weighted by Gasteiger charge is 2.15. The van der Waals surface area contributed by atoms with Crippen LogP contribution in [0.25, 0.3) is 17.1 Å². The first kappa shape index (κ1) is 18.4. The molecule has 2 aromatic carbocycles. The number of hydrogen-bond acceptors (Lipinski definition) is 4. The number of ether oxygens (including phenoxy) is 1. The molecule has 1 heterocycles. The zero-order valence-electron chi connectivity index (χ0n) is 15.4. The molecule has 0 fully saturated rings. The molecule has 5 nitrogen and oxygen atoms in total. The van der Waals surface area contributed by atoms with Gasteiger partial charge in [0.1, 0.15) is 5.75 Å². The van der Waals surface area contributed by atoms with Gasteiger partial charge >= 0.3 is 0 Å². The van der Waals surface area contributed by atoms with Crippen molar-refractivity contribution in [3.05, 3.63) is 59.4 Å². The fourth-order valence-electron chi connectivity index (χ4n) is 2.85. The molecule has 0 saturated heterocycles. The van der Waals surface area contributed by atoms with Gasteiger partial charge in [0, 0.05) is 11.3 Å². The third-order valence-corrected chi connectivity index (χ3v) is 4.82. The van der Waals surface area contributed by atoms with E-state index in [2.05, 4.69) is 18.7 Å². The van der Waals surface area contributed by atoms with Crippen LogP contribution in [0.4, 0.5) is 0 Å². The van der Waals surface area contributed by atoms with Gasteiger partial charge in [-0.3, -0.25) is 9.47 Å². The summed E-state index contributed by atoms with van der Waals surface area (Å²) in [4.78, 5) is 2.29. The monoisotopic (exact) mass is 368 g/mol. The van der Waals surface area contributed by atoms with Crippen molar-refractivity contribution >= 4 is 12.2 Å². The summed E-state index contributed by atoms with van der Waals surface area (Å²) in [5.74, 6) is 1.65. The maximum Gasteiger partial charge on any atom is 0.204 e. The zero-order valence-corrected chi connectivity index (χ0v) is 16.2. The normalized spacial score (nSPS) is 11.1. The third kappa shape index (κ3) is 3.71. The smallest absolute Gasteiger partial charge is 0.204 e. The van der Waals surface area contributed by atoms with E-state index in [1.807, 2.05) is 63.8 Å². The standard InChI is InChI=1S/C20H24N4OS/c1-4-22(5-2)15-23-20(26)24(17-9-7-6-8-10-17)19(21-23)16-11-13-18(25-3)14-12-16/h6-14H,4-5,15H2,1-3H3. The minimum atomic E-state index is 0.675. The molecule has 0 aliphatic rings. The van der Waals surface area contributed by atoms with E-state index in [0.717, 1.165) is 35.9 Å². The average molecular weight is 369 g/mol. The van der Waals surface area contributed by atoms with Gasteiger partial charge in [0.25, 0.3) is 0 Å². The van der Waals surface area contributed by atoms with Gasteiger partial charge in [-0.2, -0.15) is 0 Å². The number of methoxy groups -OCH3 is 1. The second-order valence-corrected chi connectivity index (χ2v) is 6.32. The highest BCUT2D eigenvalue weighted by molar-refractivity contribution is 7.71. The summed E-state index contributed by atoms with van der Waals surface area (Å²) < 4.78 is 9.89. The molecule has 0 saturated carbocycles. The summed E-state index contributed by atoms with van der Waals surface area (Å²) in [6.07, 6.45) is 0. The minimum absolute atomic E-state index is 0.675. The zero-order chi connectivity index (χ0) is 18.5. The number of aromatic nitrogens is 3. The SMILES string of the molecule is CCN(CC)Cn1nc(-c2ccc(OC)cc2)n(-c2ccccc2)c1=S. The van der Waals surface area contributed by atoms with E-state index in [1.54, 1.807) is 7.11 Å². The number of rotatable bonds is 7. The maximum atomic E-state index is 5.77. The van der Waals surface area contributed by atoms with Crippen molar-refractivity contribution in [1.82, 2.24) is 19.2 Å². The van der Waals surface area contributed by atoms with E-state index in [0.29, 0.717) is 11.4 Å². The second kappa shape index (κ2) is 8.29. The molecule has 26 heavy (non-hydrogen) atoms. The molecule has 0 atom stereocenters. The Morgan fingerprint density at radius 3 is 2.23 bits per heavy atom. The highest BCUT2D eigenvalue weighted by atomic mass is 32.1. The first-order chi connectivity index (χ1) is 12.7. The van der Waals surface area contributed by atoms with Crippen LogP contribution in [0.1, 0.15) is 13.8 Å². The Kier molecular flexibility index (Phi) is 5.85. The summed E-state index contributed by atoms with van der Waals surface area (Å²) in [6.45, 7) is 6.87. The molecule has 0 unspecified atom stereocenters. The Balaban J connectivity index is 2.13. The fourth-order valence-corrected chi connectivity index (χ4v) is 3.14. The second-order valence-electron chi connectivity index (χ2n) is 5.95. The minimum Gasteiger partial charge on any atom is -0.497 e. The predicted octanol–water partition coefficient (Wildman–Crippen LogP) is 4.38. The van der Waals surface area contributed by atoms with Crippen molar-refractivity contribution in [2.24, 2.45) is 0 Å². The van der Waals surface area contributed by atoms with Crippen LogP contribution in [0, 0.1) is 4.77 Å². The van der Waals surface area contributed by atoms with Crippen molar-refractivity contribution < 1.29 is 4.74 Å². The number of para-hydroxylation sites is 1. The molecule has 136 valence electrons. The van der Waals surface area contributed by atoms with Crippen LogP contribution >= 0.6 is 12.2 Å². The van der Waals surface area contributed by atoms with Crippen LogP contribution < -0.4 is 4.74 Å². The van der Waals surface area contributed by atoms with Gasteiger partial charge < -0.3 is 4.74 Å². The molecule has 0 bridgehead atoms. The molecule has 0 spiro atoms. The fraction of sp³-hybridized carbons (Fsp3) is 0.300. The Bertz CT molecular complexity index is 896. The van der Waals surface area contributed by atoms with Crippen LogP contribution in [0.5, 0.6) is 5.75 Å². The summed E-state index contributed by atoms with van der Waals surface area (Å²) in [5, 5.41) is 4.84. The van der Waals surface area contributed by atoms with Crippen molar-refractivity contribution in [1.29, 1.82) is 0 Å². The molecule has 0 amide bonds. The van der Waals surface area contributed by atoms with Gasteiger partial charge in [0.05, 0.1) is 13.8 Å². The van der Waals surface area contributed by atoms with Crippen LogP contribution in [0.15, 0.2) is 54.6 Å². The van der Waals surface area contributed by atoms with E-state index in [1.165, 1.54) is 0 Å². The topological polar surface area (TPSA) is 35.2 Å². The van der Waals surface area contributed by atoms with E-state index >= 15 is 0 Å². The molecule has 0 aliphatic carbocycles. The van der Waals surface area contributed by atoms with Crippen molar-refractivity contribution in [2.45, 2.75) is 20.5 Å². The Morgan fingerprint density at radius 2 is 1.65 bits per heavy atom. The van der Waals surface area contributed by atoms with Gasteiger partial charge in [-0.25, -0.2) is 4.68 Å². The Morgan fingerprint density at radius 1 is 1.00 bits per heavy atom. The lowest BCUT2D eigenvalue weighted by Gasteiger charge is -2.17. The summed E-state index contributed by atoms with van der Waals surface area (Å²) in [5.41, 5.74) is 2.01. The van der Waals surface area contributed by atoms with Crippen molar-refractivity contribution in [3.8, 4) is 22.8 Å². The first-order valence-electron chi connectivity index (χ1n) is 8.80. The highest BCUT2D eigenvalue weighted by Crippen LogP contribution is 2.24. The van der Waals surface area contributed by atoms with Gasteiger partial charge in [0.15, 0.2) is 5.82 Å². The van der Waals surface area contributed by atoms with Gasteiger partial charge in [-0.05, 0) is 61.7 Å². The van der Waals surface area contributed by atoms with Gasteiger partial charge in [0.2, 0.25) is 4.77 Å². The third-order valence-electron chi connectivity index (χ3n) is 4.43. The van der Waals surface area contributed by atoms with E-state index in [9.17, 15) is 0 Å². The molecule has 0 N–H and O–H groups in total. The molecular formula is C20H24N4OS. The largest absolute Gasteiger partial charge is 0.497 e. The molecule has 3 rings (SSSR count).